The minimum absolute atomic E-state index is 0.250. The molecule has 0 atom stereocenters. The number of carbonyl (C=O) groups is 2. The summed E-state index contributed by atoms with van der Waals surface area (Å²) in [5.41, 5.74) is 4.17. The minimum Gasteiger partial charge on any atom is -0.372 e. The number of hydrogen-bond acceptors (Lipinski definition) is 3. The van der Waals surface area contributed by atoms with Crippen molar-refractivity contribution in [3.8, 4) is 0 Å². The van der Waals surface area contributed by atoms with Gasteiger partial charge in [-0.05, 0) is 32.9 Å². The lowest BCUT2D eigenvalue weighted by molar-refractivity contribution is -0.107. The van der Waals surface area contributed by atoms with Gasteiger partial charge in [-0.2, -0.15) is 0 Å². The third-order valence-electron chi connectivity index (χ3n) is 1.21. The molecule has 0 saturated carbocycles. The van der Waals surface area contributed by atoms with Gasteiger partial charge in [0, 0.05) is 0 Å². The van der Waals surface area contributed by atoms with Crippen molar-refractivity contribution >= 4 is 12.7 Å². The van der Waals surface area contributed by atoms with Gasteiger partial charge in [0.25, 0.3) is 0 Å². The molecule has 0 unspecified atom stereocenters. The van der Waals surface area contributed by atoms with Gasteiger partial charge in [-0.15, -0.1) is 0 Å². The van der Waals surface area contributed by atoms with Gasteiger partial charge in [0.15, 0.2) is 0 Å². The lowest BCUT2D eigenvalue weighted by Gasteiger charge is -2.08. The van der Waals surface area contributed by atoms with Crippen LogP contribution in [-0.2, 0) is 9.59 Å². The van der Waals surface area contributed by atoms with Crippen molar-refractivity contribution in [1.82, 2.24) is 5.32 Å². The van der Waals surface area contributed by atoms with Crippen molar-refractivity contribution in [3.63, 3.8) is 0 Å². The maximum absolute atomic E-state index is 8.81. The normalized spacial score (nSPS) is 14.1. The van der Waals surface area contributed by atoms with Crippen LogP contribution in [0.2, 0.25) is 0 Å². The molecule has 3 N–H and O–H groups in total. The zero-order valence-corrected chi connectivity index (χ0v) is 7.58. The number of carbonyl (C=O) groups excluding carboxylic acids is 2. The molecule has 1 aliphatic rings. The molecule has 1 aliphatic heterocycles. The molecular weight excluding hydrogens is 156 g/mol. The molecule has 0 aromatic carbocycles. The number of aldehydes is 1. The van der Waals surface area contributed by atoms with Gasteiger partial charge >= 0.3 is 0 Å². The van der Waals surface area contributed by atoms with Gasteiger partial charge in [-0.3, -0.25) is 4.79 Å². The van der Waals surface area contributed by atoms with Crippen LogP contribution in [0.4, 0.5) is 0 Å². The topological polar surface area (TPSA) is 72.2 Å². The Bertz CT molecular complexity index is 75.5. The molecule has 0 aromatic rings. The first-order chi connectivity index (χ1) is 5.83. The molecule has 4 nitrogen and oxygen atoms in total. The van der Waals surface area contributed by atoms with E-state index in [4.69, 9.17) is 9.59 Å². The van der Waals surface area contributed by atoms with Gasteiger partial charge in [0.05, 0.1) is 0 Å². The van der Waals surface area contributed by atoms with Crippen LogP contribution < -0.4 is 11.1 Å². The molecule has 0 spiro atoms. The summed E-state index contributed by atoms with van der Waals surface area (Å²) in [4.78, 5) is 17.4. The zero-order chi connectivity index (χ0) is 9.66. The molecule has 1 fully saturated rings. The lowest BCUT2D eigenvalue weighted by Crippen LogP contribution is -2.21. The number of amides is 1. The lowest BCUT2D eigenvalue weighted by atomic mass is 10.2. The van der Waals surface area contributed by atoms with Crippen molar-refractivity contribution in [2.45, 2.75) is 26.2 Å². The average molecular weight is 174 g/mol. The predicted octanol–water partition coefficient (Wildman–Crippen LogP) is 0.0666. The van der Waals surface area contributed by atoms with Crippen LogP contribution in [0.3, 0.4) is 0 Å². The van der Waals surface area contributed by atoms with Crippen LogP contribution in [0.5, 0.6) is 0 Å². The highest BCUT2D eigenvalue weighted by atomic mass is 16.1. The van der Waals surface area contributed by atoms with Crippen LogP contribution in [0.1, 0.15) is 26.2 Å². The summed E-state index contributed by atoms with van der Waals surface area (Å²) >= 11 is 0. The second kappa shape index (κ2) is 16.6. The second-order valence-corrected chi connectivity index (χ2v) is 2.18. The molecule has 1 heterocycles. The summed E-state index contributed by atoms with van der Waals surface area (Å²) in [7, 11) is 0. The molecule has 72 valence electrons. The van der Waals surface area contributed by atoms with Crippen LogP contribution >= 0.6 is 0 Å². The highest BCUT2D eigenvalue weighted by Crippen LogP contribution is 1.96. The monoisotopic (exact) mass is 174 g/mol. The summed E-state index contributed by atoms with van der Waals surface area (Å²) in [6.45, 7) is 3.94. The molecule has 12 heavy (non-hydrogen) atoms. The molecule has 0 aliphatic carbocycles. The smallest absolute Gasteiger partial charge is 0.204 e. The first-order valence-corrected chi connectivity index (χ1v) is 4.09. The van der Waals surface area contributed by atoms with E-state index in [-0.39, 0.29) is 6.41 Å². The van der Waals surface area contributed by atoms with E-state index in [0.29, 0.717) is 0 Å². The molecule has 1 saturated heterocycles. The molecule has 0 radical (unpaired) electrons. The zero-order valence-electron chi connectivity index (χ0n) is 7.58. The Labute approximate surface area is 73.5 Å². The third-order valence-corrected chi connectivity index (χ3v) is 1.21. The van der Waals surface area contributed by atoms with Gasteiger partial charge in [0.2, 0.25) is 6.41 Å². The van der Waals surface area contributed by atoms with Gasteiger partial charge in [-0.1, -0.05) is 6.42 Å². The molecular formula is C8H18N2O2. The maximum atomic E-state index is 8.81. The van der Waals surface area contributed by atoms with Crippen LogP contribution in [-0.4, -0.2) is 25.8 Å². The number of nitrogens with one attached hydrogen (secondary N) is 1. The van der Waals surface area contributed by atoms with E-state index in [2.05, 4.69) is 11.1 Å². The highest BCUT2D eigenvalue weighted by Gasteiger charge is 1.93. The van der Waals surface area contributed by atoms with E-state index >= 15 is 0 Å². The van der Waals surface area contributed by atoms with Crippen LogP contribution in [0.25, 0.3) is 0 Å². The number of nitrogens with two attached hydrogens (primary N) is 1. The Morgan fingerprint density at radius 3 is 1.58 bits per heavy atom. The largest absolute Gasteiger partial charge is 0.372 e. The molecule has 4 heteroatoms. The van der Waals surface area contributed by atoms with Gasteiger partial charge in [-0.25, -0.2) is 0 Å². The number of hydrogen-bond donors (Lipinski definition) is 2. The molecule has 0 aromatic heterocycles. The Hall–Kier alpha value is -0.900. The van der Waals surface area contributed by atoms with Crippen LogP contribution in [0.15, 0.2) is 0 Å². The average Bonchev–Trinajstić information content (AvgIpc) is 2.10. The summed E-state index contributed by atoms with van der Waals surface area (Å²) in [6.07, 6.45) is 5.22. The number of primary amides is 1. The SMILES string of the molecule is C1CCNCC1.CC=O.NC=O. The van der Waals surface area contributed by atoms with Gasteiger partial charge in [0.1, 0.15) is 6.29 Å². The van der Waals surface area contributed by atoms with E-state index in [9.17, 15) is 0 Å². The first-order valence-electron chi connectivity index (χ1n) is 4.09. The molecule has 1 rings (SSSR count). The Morgan fingerprint density at radius 1 is 1.17 bits per heavy atom. The van der Waals surface area contributed by atoms with E-state index in [0.717, 1.165) is 6.29 Å². The van der Waals surface area contributed by atoms with Crippen molar-refractivity contribution in [1.29, 1.82) is 0 Å². The summed E-state index contributed by atoms with van der Waals surface area (Å²) in [5, 5.41) is 3.28. The summed E-state index contributed by atoms with van der Waals surface area (Å²) in [5.74, 6) is 0. The quantitative estimate of drug-likeness (QED) is 0.510. The summed E-state index contributed by atoms with van der Waals surface area (Å²) in [6, 6.07) is 0. The van der Waals surface area contributed by atoms with E-state index in [1.807, 2.05) is 0 Å². The fourth-order valence-corrected chi connectivity index (χ4v) is 0.802. The molecule has 0 bridgehead atoms. The predicted molar refractivity (Wildman–Crippen MR) is 48.7 cm³/mol. The van der Waals surface area contributed by atoms with E-state index < -0.39 is 0 Å². The van der Waals surface area contributed by atoms with Crippen molar-refractivity contribution in [2.75, 3.05) is 13.1 Å². The number of piperidine rings is 1. The molecule has 1 amide bonds. The minimum atomic E-state index is 0.250. The van der Waals surface area contributed by atoms with Crippen molar-refractivity contribution in [3.05, 3.63) is 0 Å². The van der Waals surface area contributed by atoms with Crippen molar-refractivity contribution in [2.24, 2.45) is 5.73 Å². The van der Waals surface area contributed by atoms with Crippen molar-refractivity contribution < 1.29 is 9.59 Å². The first kappa shape index (κ1) is 13.7. The Balaban J connectivity index is 0. The Morgan fingerprint density at radius 2 is 1.50 bits per heavy atom. The van der Waals surface area contributed by atoms with Crippen LogP contribution in [0, 0.1) is 0 Å². The van der Waals surface area contributed by atoms with E-state index in [1.165, 1.54) is 39.3 Å². The van der Waals surface area contributed by atoms with Gasteiger partial charge < -0.3 is 15.8 Å². The second-order valence-electron chi connectivity index (χ2n) is 2.18. The fraction of sp³-hybridized carbons (Fsp3) is 0.750. The fourth-order valence-electron chi connectivity index (χ4n) is 0.802. The standard InChI is InChI=1S/C5H11N.C2H4O.CH3NO/c1-2-4-6-5-3-1;1-2-3;2-1-3/h6H,1-5H2;2H,1H3;1H,(H2,2,3). The van der Waals surface area contributed by atoms with E-state index in [1.54, 1.807) is 0 Å². The Kier molecular flexibility index (Phi) is 18.9. The highest BCUT2D eigenvalue weighted by molar-refractivity contribution is 5.44. The number of rotatable bonds is 0. The maximum Gasteiger partial charge on any atom is 0.204 e. The summed E-state index contributed by atoms with van der Waals surface area (Å²) < 4.78 is 0. The third kappa shape index (κ3) is 23.0.